The van der Waals surface area contributed by atoms with Gasteiger partial charge in [-0.15, -0.1) is 0 Å². The van der Waals surface area contributed by atoms with Crippen molar-refractivity contribution in [2.24, 2.45) is 0 Å². The molecule has 0 bridgehead atoms. The highest BCUT2D eigenvalue weighted by molar-refractivity contribution is 6.30. The number of halogens is 1. The summed E-state index contributed by atoms with van der Waals surface area (Å²) in [6.07, 6.45) is 3.19. The van der Waals surface area contributed by atoms with Gasteiger partial charge in [-0.3, -0.25) is 4.68 Å². The molecule has 5 nitrogen and oxygen atoms in total. The highest BCUT2D eigenvalue weighted by Gasteiger charge is 2.33. The molecule has 0 saturated carbocycles. The number of likely N-dealkylation sites (N-methyl/N-ethyl adjacent to an activating group) is 1. The van der Waals surface area contributed by atoms with Crippen LogP contribution >= 0.6 is 11.6 Å². The lowest BCUT2D eigenvalue weighted by Gasteiger charge is -2.26. The van der Waals surface area contributed by atoms with Crippen molar-refractivity contribution < 1.29 is 9.53 Å². The second-order valence-electron chi connectivity index (χ2n) is 3.66. The molecule has 1 heterocycles. The SMILES string of the molecule is CCOC(=O)C(C)(Cn1cc(Cl)cn1)NC. The van der Waals surface area contributed by atoms with E-state index in [0.717, 1.165) is 0 Å². The molecule has 1 aromatic rings. The van der Waals surface area contributed by atoms with Gasteiger partial charge in [-0.2, -0.15) is 5.10 Å². The van der Waals surface area contributed by atoms with Crippen molar-refractivity contribution in [2.75, 3.05) is 13.7 Å². The van der Waals surface area contributed by atoms with Crippen LogP contribution in [-0.4, -0.2) is 34.9 Å². The molecule has 1 aromatic heterocycles. The largest absolute Gasteiger partial charge is 0.465 e. The maximum atomic E-state index is 11.7. The zero-order chi connectivity index (χ0) is 12.2. The Hall–Kier alpha value is -1.07. The second-order valence-corrected chi connectivity index (χ2v) is 4.10. The maximum Gasteiger partial charge on any atom is 0.327 e. The molecule has 0 radical (unpaired) electrons. The number of ether oxygens (including phenoxy) is 1. The van der Waals surface area contributed by atoms with Gasteiger partial charge >= 0.3 is 5.97 Å². The number of hydrogen-bond donors (Lipinski definition) is 1. The summed E-state index contributed by atoms with van der Waals surface area (Å²) >= 11 is 5.75. The Kier molecular flexibility index (Phi) is 4.32. The van der Waals surface area contributed by atoms with E-state index in [9.17, 15) is 4.79 Å². The standard InChI is InChI=1S/C10H16ClN3O2/c1-4-16-9(15)10(2,12-3)7-14-6-8(11)5-13-14/h5-6,12H,4,7H2,1-3H3. The molecule has 0 aliphatic carbocycles. The number of aromatic nitrogens is 2. The summed E-state index contributed by atoms with van der Waals surface area (Å²) in [5.74, 6) is -0.302. The number of rotatable bonds is 5. The van der Waals surface area contributed by atoms with Crippen LogP contribution in [-0.2, 0) is 16.1 Å². The molecule has 1 rings (SSSR count). The van der Waals surface area contributed by atoms with Crippen molar-refractivity contribution in [3.8, 4) is 0 Å². The summed E-state index contributed by atoms with van der Waals surface area (Å²) in [6, 6.07) is 0. The molecule has 0 fully saturated rings. The molecule has 1 N–H and O–H groups in total. The van der Waals surface area contributed by atoms with Crippen LogP contribution in [0.15, 0.2) is 12.4 Å². The molecule has 16 heavy (non-hydrogen) atoms. The Morgan fingerprint density at radius 1 is 1.75 bits per heavy atom. The Morgan fingerprint density at radius 3 is 2.88 bits per heavy atom. The van der Waals surface area contributed by atoms with E-state index in [1.54, 1.807) is 31.8 Å². The monoisotopic (exact) mass is 245 g/mol. The number of nitrogens with one attached hydrogen (secondary N) is 1. The molecular weight excluding hydrogens is 230 g/mol. The predicted molar refractivity (Wildman–Crippen MR) is 61.3 cm³/mol. The van der Waals surface area contributed by atoms with Gasteiger partial charge in [-0.1, -0.05) is 11.6 Å². The first-order valence-corrected chi connectivity index (χ1v) is 5.43. The van der Waals surface area contributed by atoms with E-state index in [1.165, 1.54) is 6.20 Å². The van der Waals surface area contributed by atoms with E-state index in [-0.39, 0.29) is 5.97 Å². The minimum atomic E-state index is -0.800. The van der Waals surface area contributed by atoms with Gasteiger partial charge in [-0.05, 0) is 20.9 Å². The van der Waals surface area contributed by atoms with Crippen molar-refractivity contribution in [3.05, 3.63) is 17.4 Å². The third-order valence-corrected chi connectivity index (χ3v) is 2.55. The number of carbonyl (C=O) groups excluding carboxylic acids is 1. The van der Waals surface area contributed by atoms with E-state index in [1.807, 2.05) is 0 Å². The first-order chi connectivity index (χ1) is 7.51. The summed E-state index contributed by atoms with van der Waals surface area (Å²) in [6.45, 7) is 4.27. The van der Waals surface area contributed by atoms with Crippen LogP contribution in [0.25, 0.3) is 0 Å². The molecule has 1 unspecified atom stereocenters. The summed E-state index contributed by atoms with van der Waals surface area (Å²) in [7, 11) is 1.71. The zero-order valence-electron chi connectivity index (χ0n) is 9.66. The minimum absolute atomic E-state index is 0.302. The molecule has 0 aliphatic rings. The van der Waals surface area contributed by atoms with E-state index in [4.69, 9.17) is 16.3 Å². The van der Waals surface area contributed by atoms with E-state index in [0.29, 0.717) is 18.2 Å². The Labute approximate surface area is 99.7 Å². The lowest BCUT2D eigenvalue weighted by molar-refractivity contribution is -0.151. The molecular formula is C10H16ClN3O2. The molecule has 6 heteroatoms. The summed E-state index contributed by atoms with van der Waals surface area (Å²) < 4.78 is 6.61. The Balaban J connectivity index is 2.77. The fourth-order valence-corrected chi connectivity index (χ4v) is 1.44. The molecule has 0 spiro atoms. The average molecular weight is 246 g/mol. The van der Waals surface area contributed by atoms with Crippen LogP contribution < -0.4 is 5.32 Å². The van der Waals surface area contributed by atoms with Crippen LogP contribution in [0, 0.1) is 0 Å². The van der Waals surface area contributed by atoms with Gasteiger partial charge in [0.15, 0.2) is 0 Å². The lowest BCUT2D eigenvalue weighted by Crippen LogP contribution is -2.51. The van der Waals surface area contributed by atoms with Crippen LogP contribution in [0.2, 0.25) is 5.02 Å². The van der Waals surface area contributed by atoms with Crippen LogP contribution in [0.3, 0.4) is 0 Å². The first kappa shape index (κ1) is 13.0. The second kappa shape index (κ2) is 5.32. The molecule has 90 valence electrons. The van der Waals surface area contributed by atoms with Gasteiger partial charge in [0.1, 0.15) is 5.54 Å². The Morgan fingerprint density at radius 2 is 2.44 bits per heavy atom. The first-order valence-electron chi connectivity index (χ1n) is 5.06. The fourth-order valence-electron chi connectivity index (χ4n) is 1.28. The quantitative estimate of drug-likeness (QED) is 0.789. The topological polar surface area (TPSA) is 56.2 Å². The van der Waals surface area contributed by atoms with Crippen LogP contribution in [0.5, 0.6) is 0 Å². The molecule has 1 atom stereocenters. The van der Waals surface area contributed by atoms with Crippen LogP contribution in [0.4, 0.5) is 0 Å². The van der Waals surface area contributed by atoms with Crippen molar-refractivity contribution in [1.82, 2.24) is 15.1 Å². The number of carbonyl (C=O) groups is 1. The molecule has 0 aliphatic heterocycles. The van der Waals surface area contributed by atoms with Crippen molar-refractivity contribution in [1.29, 1.82) is 0 Å². The molecule has 0 amide bonds. The number of esters is 1. The third kappa shape index (κ3) is 2.96. The molecule has 0 saturated heterocycles. The van der Waals surface area contributed by atoms with Gasteiger partial charge in [0.25, 0.3) is 0 Å². The summed E-state index contributed by atoms with van der Waals surface area (Å²) in [5.41, 5.74) is -0.800. The van der Waals surface area contributed by atoms with E-state index >= 15 is 0 Å². The third-order valence-electron chi connectivity index (χ3n) is 2.36. The van der Waals surface area contributed by atoms with Gasteiger partial charge in [0, 0.05) is 6.20 Å². The van der Waals surface area contributed by atoms with Gasteiger partial charge in [0.2, 0.25) is 0 Å². The molecule has 0 aromatic carbocycles. The minimum Gasteiger partial charge on any atom is -0.465 e. The van der Waals surface area contributed by atoms with Crippen LogP contribution in [0.1, 0.15) is 13.8 Å². The van der Waals surface area contributed by atoms with Gasteiger partial charge < -0.3 is 10.1 Å². The maximum absolute atomic E-state index is 11.7. The number of hydrogen-bond acceptors (Lipinski definition) is 4. The zero-order valence-corrected chi connectivity index (χ0v) is 10.4. The summed E-state index contributed by atoms with van der Waals surface area (Å²) in [5, 5.41) is 7.51. The van der Waals surface area contributed by atoms with Gasteiger partial charge in [-0.25, -0.2) is 4.79 Å². The van der Waals surface area contributed by atoms with E-state index in [2.05, 4.69) is 10.4 Å². The normalized spacial score (nSPS) is 14.5. The van der Waals surface area contributed by atoms with Crippen molar-refractivity contribution in [3.63, 3.8) is 0 Å². The summed E-state index contributed by atoms with van der Waals surface area (Å²) in [4.78, 5) is 11.7. The van der Waals surface area contributed by atoms with E-state index < -0.39 is 5.54 Å². The lowest BCUT2D eigenvalue weighted by atomic mass is 10.0. The van der Waals surface area contributed by atoms with Crippen molar-refractivity contribution in [2.45, 2.75) is 25.9 Å². The number of nitrogens with zero attached hydrogens (tertiary/aromatic N) is 2. The smallest absolute Gasteiger partial charge is 0.327 e. The predicted octanol–water partition coefficient (Wildman–Crippen LogP) is 1.08. The Bertz CT molecular complexity index is 367. The van der Waals surface area contributed by atoms with Crippen molar-refractivity contribution >= 4 is 17.6 Å². The highest BCUT2D eigenvalue weighted by atomic mass is 35.5. The highest BCUT2D eigenvalue weighted by Crippen LogP contribution is 2.12. The fraction of sp³-hybridized carbons (Fsp3) is 0.600. The average Bonchev–Trinajstić information content (AvgIpc) is 2.64. The van der Waals surface area contributed by atoms with Gasteiger partial charge in [0.05, 0.1) is 24.4 Å².